The van der Waals surface area contributed by atoms with Gasteiger partial charge in [-0.1, -0.05) is 63.0 Å². The average Bonchev–Trinajstić information content (AvgIpc) is 2.39. The van der Waals surface area contributed by atoms with Gasteiger partial charge >= 0.3 is 0 Å². The second-order valence-corrected chi connectivity index (χ2v) is 5.37. The largest absolute Gasteiger partial charge is 0.457 e. The molecule has 0 N–H and O–H groups in total. The zero-order valence-corrected chi connectivity index (χ0v) is 13.3. The third kappa shape index (κ3) is 3.15. The normalized spacial score (nSPS) is 10.4. The lowest BCUT2D eigenvalue weighted by Gasteiger charge is -2.11. The first-order valence-corrected chi connectivity index (χ1v) is 7.76. The van der Waals surface area contributed by atoms with E-state index in [1.807, 2.05) is 30.3 Å². The van der Waals surface area contributed by atoms with E-state index in [-0.39, 0.29) is 0 Å². The Morgan fingerprint density at radius 2 is 1.83 bits per heavy atom. The van der Waals surface area contributed by atoms with Crippen molar-refractivity contribution in [2.75, 3.05) is 0 Å². The Hall–Kier alpha value is -0.800. The zero-order chi connectivity index (χ0) is 13.0. The number of alkyl halides is 1. The Bertz CT molecular complexity index is 538. The van der Waals surface area contributed by atoms with Crippen molar-refractivity contribution in [2.45, 2.75) is 18.7 Å². The van der Waals surface area contributed by atoms with Crippen LogP contribution in [0.2, 0.25) is 0 Å². The predicted molar refractivity (Wildman–Crippen MR) is 82.7 cm³/mol. The quantitative estimate of drug-likeness (QED) is 0.628. The lowest BCUT2D eigenvalue weighted by atomic mass is 10.1. The molecule has 0 spiro atoms. The lowest BCUT2D eigenvalue weighted by molar-refractivity contribution is 0.476. The first-order valence-electron chi connectivity index (χ1n) is 5.84. The van der Waals surface area contributed by atoms with Gasteiger partial charge in [-0.05, 0) is 35.7 Å². The Labute approximate surface area is 124 Å². The summed E-state index contributed by atoms with van der Waals surface area (Å²) in [5.41, 5.74) is 2.43. The summed E-state index contributed by atoms with van der Waals surface area (Å²) in [4.78, 5) is 0. The summed E-state index contributed by atoms with van der Waals surface area (Å²) in [6, 6.07) is 14.2. The van der Waals surface area contributed by atoms with Crippen LogP contribution in [-0.2, 0) is 11.8 Å². The van der Waals surface area contributed by atoms with Gasteiger partial charge < -0.3 is 4.74 Å². The Morgan fingerprint density at radius 1 is 1.06 bits per heavy atom. The molecule has 2 rings (SSSR count). The molecular formula is C15H14Br2O. The van der Waals surface area contributed by atoms with Crippen LogP contribution in [0.15, 0.2) is 46.9 Å². The van der Waals surface area contributed by atoms with Crippen molar-refractivity contribution in [2.24, 2.45) is 0 Å². The molecule has 0 radical (unpaired) electrons. The van der Waals surface area contributed by atoms with Gasteiger partial charge in [0, 0.05) is 9.80 Å². The summed E-state index contributed by atoms with van der Waals surface area (Å²) in [6.07, 6.45) is 0.969. The second-order valence-electron chi connectivity index (χ2n) is 3.95. The second kappa shape index (κ2) is 6.39. The molecule has 0 fully saturated rings. The van der Waals surface area contributed by atoms with E-state index in [9.17, 15) is 0 Å². The van der Waals surface area contributed by atoms with Gasteiger partial charge in [0.25, 0.3) is 0 Å². The smallest absolute Gasteiger partial charge is 0.130 e. The van der Waals surface area contributed by atoms with E-state index in [2.05, 4.69) is 50.9 Å². The number of ether oxygens (including phenoxy) is 1. The lowest BCUT2D eigenvalue weighted by Crippen LogP contribution is -1.91. The van der Waals surface area contributed by atoms with Crippen LogP contribution in [0.5, 0.6) is 11.5 Å². The van der Waals surface area contributed by atoms with E-state index in [0.717, 1.165) is 27.7 Å². The Kier molecular flexibility index (Phi) is 4.84. The molecule has 0 aliphatic heterocycles. The van der Waals surface area contributed by atoms with E-state index in [0.29, 0.717) is 0 Å². The van der Waals surface area contributed by atoms with Crippen LogP contribution in [0.4, 0.5) is 0 Å². The highest BCUT2D eigenvalue weighted by atomic mass is 79.9. The number of aryl methyl sites for hydroxylation is 1. The molecule has 0 aliphatic carbocycles. The minimum Gasteiger partial charge on any atom is -0.457 e. The minimum atomic E-state index is 0.833. The monoisotopic (exact) mass is 368 g/mol. The molecule has 0 bridgehead atoms. The molecule has 3 heteroatoms. The van der Waals surface area contributed by atoms with E-state index in [1.165, 1.54) is 11.1 Å². The number of halogens is 2. The number of hydrogen-bond donors (Lipinski definition) is 0. The van der Waals surface area contributed by atoms with Gasteiger partial charge in [-0.15, -0.1) is 0 Å². The molecule has 2 aromatic rings. The predicted octanol–water partition coefficient (Wildman–Crippen LogP) is 5.70. The summed E-state index contributed by atoms with van der Waals surface area (Å²) in [6.45, 7) is 2.13. The molecule has 0 amide bonds. The SMILES string of the molecule is CCc1ccccc1Oc1ccc(CBr)c(Br)c1. The summed E-state index contributed by atoms with van der Waals surface area (Å²) < 4.78 is 7.00. The Balaban J connectivity index is 2.26. The van der Waals surface area contributed by atoms with Gasteiger partial charge in [-0.3, -0.25) is 0 Å². The summed E-state index contributed by atoms with van der Waals surface area (Å²) in [5.74, 6) is 1.78. The van der Waals surface area contributed by atoms with Gasteiger partial charge in [-0.25, -0.2) is 0 Å². The molecule has 0 unspecified atom stereocenters. The van der Waals surface area contributed by atoms with Crippen LogP contribution in [-0.4, -0.2) is 0 Å². The van der Waals surface area contributed by atoms with Crippen LogP contribution in [0.25, 0.3) is 0 Å². The summed E-state index contributed by atoms with van der Waals surface area (Å²) >= 11 is 7.00. The van der Waals surface area contributed by atoms with Crippen molar-refractivity contribution in [1.82, 2.24) is 0 Å². The van der Waals surface area contributed by atoms with Crippen molar-refractivity contribution < 1.29 is 4.74 Å². The zero-order valence-electron chi connectivity index (χ0n) is 10.1. The molecule has 0 saturated carbocycles. The molecule has 18 heavy (non-hydrogen) atoms. The molecule has 94 valence electrons. The number of rotatable bonds is 4. The van der Waals surface area contributed by atoms with Crippen LogP contribution >= 0.6 is 31.9 Å². The van der Waals surface area contributed by atoms with Crippen LogP contribution < -0.4 is 4.74 Å². The molecule has 0 heterocycles. The third-order valence-corrected chi connectivity index (χ3v) is 4.09. The maximum absolute atomic E-state index is 5.94. The molecule has 0 aliphatic rings. The van der Waals surface area contributed by atoms with Gasteiger partial charge in [0.05, 0.1) is 0 Å². The molecule has 0 aromatic heterocycles. The fourth-order valence-corrected chi connectivity index (χ4v) is 3.09. The van der Waals surface area contributed by atoms with Crippen molar-refractivity contribution in [1.29, 1.82) is 0 Å². The standard InChI is InChI=1S/C15H14Br2O/c1-2-11-5-3-4-6-15(11)18-13-8-7-12(10-16)14(17)9-13/h3-9H,2,10H2,1H3. The maximum Gasteiger partial charge on any atom is 0.130 e. The van der Waals surface area contributed by atoms with Crippen molar-refractivity contribution in [3.8, 4) is 11.5 Å². The van der Waals surface area contributed by atoms with Gasteiger partial charge in [0.1, 0.15) is 11.5 Å². The highest BCUT2D eigenvalue weighted by Gasteiger charge is 2.05. The third-order valence-electron chi connectivity index (χ3n) is 2.75. The van der Waals surface area contributed by atoms with E-state index < -0.39 is 0 Å². The van der Waals surface area contributed by atoms with Crippen LogP contribution in [0.3, 0.4) is 0 Å². The molecule has 1 nitrogen and oxygen atoms in total. The Morgan fingerprint density at radius 3 is 2.50 bits per heavy atom. The first kappa shape index (κ1) is 13.6. The van der Waals surface area contributed by atoms with Crippen LogP contribution in [0, 0.1) is 0 Å². The minimum absolute atomic E-state index is 0.833. The molecule has 2 aromatic carbocycles. The number of para-hydroxylation sites is 1. The first-order chi connectivity index (χ1) is 8.74. The van der Waals surface area contributed by atoms with Crippen LogP contribution in [0.1, 0.15) is 18.1 Å². The van der Waals surface area contributed by atoms with E-state index in [1.54, 1.807) is 0 Å². The van der Waals surface area contributed by atoms with Gasteiger partial charge in [-0.2, -0.15) is 0 Å². The fraction of sp³-hybridized carbons (Fsp3) is 0.200. The highest BCUT2D eigenvalue weighted by Crippen LogP contribution is 2.30. The van der Waals surface area contributed by atoms with E-state index in [4.69, 9.17) is 4.74 Å². The topological polar surface area (TPSA) is 9.23 Å². The maximum atomic E-state index is 5.94. The summed E-state index contributed by atoms with van der Waals surface area (Å²) in [7, 11) is 0. The molecular weight excluding hydrogens is 356 g/mol. The van der Waals surface area contributed by atoms with Gasteiger partial charge in [0.15, 0.2) is 0 Å². The van der Waals surface area contributed by atoms with E-state index >= 15 is 0 Å². The molecule has 0 saturated heterocycles. The average molecular weight is 370 g/mol. The number of hydrogen-bond acceptors (Lipinski definition) is 1. The fourth-order valence-electron chi connectivity index (χ4n) is 1.72. The molecule has 0 atom stereocenters. The van der Waals surface area contributed by atoms with Gasteiger partial charge in [0.2, 0.25) is 0 Å². The summed E-state index contributed by atoms with van der Waals surface area (Å²) in [5, 5.41) is 0.833. The van der Waals surface area contributed by atoms with Crippen molar-refractivity contribution >= 4 is 31.9 Å². The van der Waals surface area contributed by atoms with Crippen molar-refractivity contribution in [3.05, 3.63) is 58.1 Å². The number of benzene rings is 2. The highest BCUT2D eigenvalue weighted by molar-refractivity contribution is 9.10. The van der Waals surface area contributed by atoms with Crippen molar-refractivity contribution in [3.63, 3.8) is 0 Å².